The zero-order valence-corrected chi connectivity index (χ0v) is 17.5. The quantitative estimate of drug-likeness (QED) is 0.292. The van der Waals surface area contributed by atoms with Crippen molar-refractivity contribution in [2.45, 2.75) is 25.2 Å². The SMILES string of the molecule is O=C(NCC(=O)C(Oc1ccccc1OC(=O)C(F)(F)F)C(=O)O)c1cc2c(s1)CCNC2. The fourth-order valence-corrected chi connectivity index (χ4v) is 3.98. The average Bonchev–Trinajstić information content (AvgIpc) is 3.20. The van der Waals surface area contributed by atoms with E-state index in [2.05, 4.69) is 15.4 Å². The number of alkyl halides is 3. The van der Waals surface area contributed by atoms with Gasteiger partial charge in [-0.25, -0.2) is 9.59 Å². The lowest BCUT2D eigenvalue weighted by molar-refractivity contribution is -0.189. The van der Waals surface area contributed by atoms with Crippen LogP contribution in [0.25, 0.3) is 0 Å². The number of aliphatic carboxylic acids is 1. The highest BCUT2D eigenvalue weighted by atomic mass is 32.1. The average molecular weight is 486 g/mol. The topological polar surface area (TPSA) is 131 Å². The maximum atomic E-state index is 12.5. The van der Waals surface area contributed by atoms with E-state index in [1.54, 1.807) is 6.07 Å². The number of carboxylic acid groups (broad SMARTS) is 1. The minimum absolute atomic E-state index is 0.355. The van der Waals surface area contributed by atoms with Crippen molar-refractivity contribution in [2.24, 2.45) is 0 Å². The number of ether oxygens (including phenoxy) is 2. The molecule has 0 saturated carbocycles. The molecule has 3 rings (SSSR count). The van der Waals surface area contributed by atoms with E-state index in [1.807, 2.05) is 0 Å². The third kappa shape index (κ3) is 6.08. The van der Waals surface area contributed by atoms with Crippen LogP contribution < -0.4 is 20.1 Å². The first-order valence-corrected chi connectivity index (χ1v) is 10.3. The summed E-state index contributed by atoms with van der Waals surface area (Å²) >= 11 is 1.27. The molecule has 0 radical (unpaired) electrons. The number of benzene rings is 1. The number of nitrogens with one attached hydrogen (secondary N) is 2. The molecule has 1 amide bonds. The largest absolute Gasteiger partial charge is 0.491 e. The highest BCUT2D eigenvalue weighted by Gasteiger charge is 2.42. The molecule has 0 fully saturated rings. The van der Waals surface area contributed by atoms with Gasteiger partial charge in [0, 0.05) is 18.0 Å². The number of Topliss-reactive ketones (excluding diaryl/α,β-unsaturated/α-hetero) is 1. The Morgan fingerprint density at radius 3 is 2.52 bits per heavy atom. The molecule has 1 unspecified atom stereocenters. The molecule has 1 aromatic heterocycles. The van der Waals surface area contributed by atoms with Crippen LogP contribution in [-0.2, 0) is 27.3 Å². The van der Waals surface area contributed by atoms with Gasteiger partial charge < -0.3 is 25.2 Å². The maximum Gasteiger partial charge on any atom is 0.491 e. The second-order valence-corrected chi connectivity index (χ2v) is 7.94. The summed E-state index contributed by atoms with van der Waals surface area (Å²) in [7, 11) is 0. The van der Waals surface area contributed by atoms with Crippen molar-refractivity contribution >= 4 is 35.0 Å². The third-order valence-electron chi connectivity index (χ3n) is 4.43. The number of hydrogen-bond donors (Lipinski definition) is 3. The van der Waals surface area contributed by atoms with E-state index < -0.39 is 54.0 Å². The van der Waals surface area contributed by atoms with Gasteiger partial charge in [0.1, 0.15) is 0 Å². The minimum Gasteiger partial charge on any atom is -0.478 e. The Bertz CT molecular complexity index is 1060. The number of carbonyl (C=O) groups excluding carboxylic acids is 3. The highest BCUT2D eigenvalue weighted by Crippen LogP contribution is 2.30. The predicted octanol–water partition coefficient (Wildman–Crippen LogP) is 1.69. The van der Waals surface area contributed by atoms with E-state index in [-0.39, 0.29) is 0 Å². The summed E-state index contributed by atoms with van der Waals surface area (Å²) in [5.41, 5.74) is 0.972. The summed E-state index contributed by atoms with van der Waals surface area (Å²) in [4.78, 5) is 48.8. The smallest absolute Gasteiger partial charge is 0.478 e. The number of halogens is 3. The fourth-order valence-electron chi connectivity index (χ4n) is 2.88. The number of ketones is 1. The number of carboxylic acids is 1. The van der Waals surface area contributed by atoms with Crippen LogP contribution in [0.2, 0.25) is 0 Å². The van der Waals surface area contributed by atoms with Crippen LogP contribution in [0, 0.1) is 0 Å². The second kappa shape index (κ2) is 10.0. The van der Waals surface area contributed by atoms with Crippen LogP contribution in [0.1, 0.15) is 20.1 Å². The first-order chi connectivity index (χ1) is 15.6. The minimum atomic E-state index is -5.30. The maximum absolute atomic E-state index is 12.5. The van der Waals surface area contributed by atoms with Gasteiger partial charge in [0.25, 0.3) is 12.0 Å². The molecule has 176 valence electrons. The lowest BCUT2D eigenvalue weighted by Gasteiger charge is -2.17. The van der Waals surface area contributed by atoms with Gasteiger partial charge >= 0.3 is 18.1 Å². The Kier molecular flexibility index (Phi) is 7.33. The van der Waals surface area contributed by atoms with E-state index in [9.17, 15) is 37.5 Å². The van der Waals surface area contributed by atoms with E-state index in [1.165, 1.54) is 23.5 Å². The molecule has 9 nitrogen and oxygen atoms in total. The number of hydrogen-bond acceptors (Lipinski definition) is 8. The highest BCUT2D eigenvalue weighted by molar-refractivity contribution is 7.14. The van der Waals surface area contributed by atoms with Gasteiger partial charge in [0.05, 0.1) is 11.4 Å². The summed E-state index contributed by atoms with van der Waals surface area (Å²) in [6.45, 7) is 0.691. The molecular weight excluding hydrogens is 469 g/mol. The van der Waals surface area contributed by atoms with Gasteiger partial charge in [-0.15, -0.1) is 11.3 Å². The summed E-state index contributed by atoms with van der Waals surface area (Å²) < 4.78 is 46.6. The monoisotopic (exact) mass is 486 g/mol. The summed E-state index contributed by atoms with van der Waals surface area (Å²) in [5, 5.41) is 14.8. The number of rotatable bonds is 8. The molecule has 1 aromatic carbocycles. The summed E-state index contributed by atoms with van der Waals surface area (Å²) in [6, 6.07) is 6.16. The molecular formula is C20H17F3N2O7S. The van der Waals surface area contributed by atoms with E-state index in [0.717, 1.165) is 35.5 Å². The number of para-hydroxylation sites is 2. The number of amides is 1. The zero-order valence-electron chi connectivity index (χ0n) is 16.7. The Hall–Kier alpha value is -3.45. The van der Waals surface area contributed by atoms with Crippen LogP contribution in [0.4, 0.5) is 13.2 Å². The molecule has 0 aliphatic carbocycles. The number of esters is 1. The number of thiophene rings is 1. The van der Waals surface area contributed by atoms with Crippen molar-refractivity contribution < 1.29 is 46.9 Å². The Morgan fingerprint density at radius 1 is 1.18 bits per heavy atom. The first kappa shape index (κ1) is 24.2. The van der Waals surface area contributed by atoms with Crippen molar-refractivity contribution in [3.05, 3.63) is 45.6 Å². The summed E-state index contributed by atoms with van der Waals surface area (Å²) in [5.74, 6) is -7.23. The van der Waals surface area contributed by atoms with Crippen LogP contribution >= 0.6 is 11.3 Å². The van der Waals surface area contributed by atoms with Crippen LogP contribution in [0.15, 0.2) is 30.3 Å². The molecule has 2 heterocycles. The van der Waals surface area contributed by atoms with Crippen LogP contribution in [0.5, 0.6) is 11.5 Å². The van der Waals surface area contributed by atoms with Crippen LogP contribution in [0.3, 0.4) is 0 Å². The molecule has 0 bridgehead atoms. The van der Waals surface area contributed by atoms with E-state index in [4.69, 9.17) is 4.74 Å². The van der Waals surface area contributed by atoms with E-state index in [0.29, 0.717) is 11.4 Å². The van der Waals surface area contributed by atoms with Crippen molar-refractivity contribution in [3.8, 4) is 11.5 Å². The number of carbonyl (C=O) groups is 4. The van der Waals surface area contributed by atoms with Crippen molar-refractivity contribution in [3.63, 3.8) is 0 Å². The van der Waals surface area contributed by atoms with Gasteiger partial charge in [0.2, 0.25) is 5.78 Å². The summed E-state index contributed by atoms with van der Waals surface area (Å²) in [6.07, 6.45) is -6.70. The first-order valence-electron chi connectivity index (χ1n) is 9.47. The van der Waals surface area contributed by atoms with Gasteiger partial charge in [-0.3, -0.25) is 9.59 Å². The predicted molar refractivity (Wildman–Crippen MR) is 107 cm³/mol. The molecule has 1 atom stereocenters. The third-order valence-corrected chi connectivity index (χ3v) is 5.67. The van der Waals surface area contributed by atoms with E-state index >= 15 is 0 Å². The molecule has 3 N–H and O–H groups in total. The Balaban J connectivity index is 1.66. The molecule has 1 aliphatic heterocycles. The zero-order chi connectivity index (χ0) is 24.2. The number of fused-ring (bicyclic) bond motifs is 1. The lowest BCUT2D eigenvalue weighted by Crippen LogP contribution is -2.42. The normalized spacial score (nSPS) is 14.0. The van der Waals surface area contributed by atoms with Crippen molar-refractivity contribution in [1.82, 2.24) is 10.6 Å². The van der Waals surface area contributed by atoms with Crippen molar-refractivity contribution in [1.29, 1.82) is 0 Å². The molecule has 13 heteroatoms. The molecule has 2 aromatic rings. The fraction of sp³-hybridized carbons (Fsp3) is 0.300. The van der Waals surface area contributed by atoms with Gasteiger partial charge in [-0.2, -0.15) is 13.2 Å². The molecule has 0 spiro atoms. The standard InChI is InChI=1S/C20H17F3N2O7S/c21-20(22,23)19(30)32-13-4-2-1-3-12(13)31-16(18(28)29)11(26)9-25-17(27)15-7-10-8-24-6-5-14(10)33-15/h1-4,7,16,24H,5-6,8-9H2,(H,25,27)(H,28,29). The lowest BCUT2D eigenvalue weighted by atomic mass is 10.1. The molecule has 33 heavy (non-hydrogen) atoms. The van der Waals surface area contributed by atoms with Gasteiger partial charge in [-0.1, -0.05) is 12.1 Å². The molecule has 0 saturated heterocycles. The Labute approximate surface area is 188 Å². The van der Waals surface area contributed by atoms with Gasteiger partial charge in [-0.05, 0) is 30.2 Å². The van der Waals surface area contributed by atoms with Crippen molar-refractivity contribution in [2.75, 3.05) is 13.1 Å². The Morgan fingerprint density at radius 2 is 1.88 bits per heavy atom. The molecule has 1 aliphatic rings. The second-order valence-electron chi connectivity index (χ2n) is 6.80. The van der Waals surface area contributed by atoms with Gasteiger partial charge in [0.15, 0.2) is 11.5 Å². The van der Waals surface area contributed by atoms with Crippen LogP contribution in [-0.4, -0.2) is 54.1 Å².